The number of rotatable bonds is 7. The van der Waals surface area contributed by atoms with Crippen molar-refractivity contribution in [2.75, 3.05) is 12.4 Å². The molecule has 0 aliphatic rings. The highest BCUT2D eigenvalue weighted by Crippen LogP contribution is 2.21. The van der Waals surface area contributed by atoms with Crippen LogP contribution in [0.25, 0.3) is 0 Å². The number of benzene rings is 1. The Balaban J connectivity index is 1.69. The average molecular weight is 280 g/mol. The van der Waals surface area contributed by atoms with E-state index in [0.717, 1.165) is 34.4 Å². The van der Waals surface area contributed by atoms with Gasteiger partial charge in [-0.25, -0.2) is 4.98 Å². The number of ether oxygens (including phenoxy) is 1. The average Bonchev–Trinajstić information content (AvgIpc) is 2.92. The zero-order valence-electron chi connectivity index (χ0n) is 10.0. The van der Waals surface area contributed by atoms with Gasteiger partial charge in [-0.15, -0.1) is 11.3 Å². The summed E-state index contributed by atoms with van der Waals surface area (Å²) in [7, 11) is 0. The molecular formula is C13H16N2OS2. The van der Waals surface area contributed by atoms with Gasteiger partial charge in [-0.05, 0) is 12.5 Å². The zero-order chi connectivity index (χ0) is 12.6. The van der Waals surface area contributed by atoms with Crippen molar-refractivity contribution < 1.29 is 4.74 Å². The van der Waals surface area contributed by atoms with E-state index in [1.165, 1.54) is 0 Å². The van der Waals surface area contributed by atoms with Gasteiger partial charge in [-0.2, -0.15) is 0 Å². The molecule has 0 radical (unpaired) electrons. The molecule has 2 N–H and O–H groups in total. The van der Waals surface area contributed by atoms with E-state index < -0.39 is 0 Å². The van der Waals surface area contributed by atoms with Gasteiger partial charge in [0.05, 0.1) is 6.61 Å². The Morgan fingerprint density at radius 2 is 2.22 bits per heavy atom. The van der Waals surface area contributed by atoms with E-state index in [-0.39, 0.29) is 0 Å². The molecule has 0 spiro atoms. The molecule has 0 aliphatic carbocycles. The van der Waals surface area contributed by atoms with Gasteiger partial charge in [0.15, 0.2) is 0 Å². The minimum Gasteiger partial charge on any atom is -0.493 e. The molecule has 0 saturated heterocycles. The Labute approximate surface area is 115 Å². The molecule has 2 aromatic rings. The lowest BCUT2D eigenvalue weighted by Gasteiger charge is -2.09. The lowest BCUT2D eigenvalue weighted by Crippen LogP contribution is -2.04. The number of thioether (sulfide) groups is 1. The Kier molecular flexibility index (Phi) is 5.51. The van der Waals surface area contributed by atoms with Gasteiger partial charge in [0.1, 0.15) is 10.1 Å². The molecule has 0 unspecified atom stereocenters. The van der Waals surface area contributed by atoms with Crippen LogP contribution in [-0.4, -0.2) is 17.3 Å². The Bertz CT molecular complexity index is 460. The summed E-state index contributed by atoms with van der Waals surface area (Å²) in [5, 5.41) is 2.00. The third-order valence-electron chi connectivity index (χ3n) is 2.37. The van der Waals surface area contributed by atoms with Gasteiger partial charge < -0.3 is 10.5 Å². The van der Waals surface area contributed by atoms with Crippen LogP contribution in [0.5, 0.6) is 5.75 Å². The maximum Gasteiger partial charge on any atom is 0.149 e. The van der Waals surface area contributed by atoms with Crippen LogP contribution in [0.4, 0.5) is 0 Å². The molecule has 0 fully saturated rings. The quantitative estimate of drug-likeness (QED) is 0.625. The summed E-state index contributed by atoms with van der Waals surface area (Å²) >= 11 is 3.45. The van der Waals surface area contributed by atoms with E-state index in [0.29, 0.717) is 6.54 Å². The smallest absolute Gasteiger partial charge is 0.149 e. The van der Waals surface area contributed by atoms with E-state index in [1.807, 2.05) is 35.8 Å². The molecule has 3 nitrogen and oxygen atoms in total. The number of para-hydroxylation sites is 1. The number of nitrogens with zero attached hydrogens (tertiary/aromatic N) is 1. The van der Waals surface area contributed by atoms with Crippen LogP contribution in [0.3, 0.4) is 0 Å². The summed E-state index contributed by atoms with van der Waals surface area (Å²) in [6.07, 6.45) is 2.84. The van der Waals surface area contributed by atoms with Crippen molar-refractivity contribution in [2.45, 2.75) is 17.3 Å². The summed E-state index contributed by atoms with van der Waals surface area (Å²) in [6, 6.07) is 7.92. The van der Waals surface area contributed by atoms with Crippen molar-refractivity contribution in [3.63, 3.8) is 0 Å². The normalized spacial score (nSPS) is 10.5. The van der Waals surface area contributed by atoms with E-state index in [2.05, 4.69) is 4.98 Å². The second kappa shape index (κ2) is 7.41. The van der Waals surface area contributed by atoms with Crippen LogP contribution in [0, 0.1) is 0 Å². The molecule has 1 aromatic heterocycles. The number of nitrogens with two attached hydrogens (primary N) is 1. The van der Waals surface area contributed by atoms with E-state index in [4.69, 9.17) is 10.5 Å². The summed E-state index contributed by atoms with van der Waals surface area (Å²) in [5.74, 6) is 1.93. The van der Waals surface area contributed by atoms with Crippen molar-refractivity contribution in [1.82, 2.24) is 4.98 Å². The van der Waals surface area contributed by atoms with Gasteiger partial charge in [-0.3, -0.25) is 0 Å². The van der Waals surface area contributed by atoms with Crippen molar-refractivity contribution in [3.8, 4) is 5.75 Å². The molecule has 1 heterocycles. The van der Waals surface area contributed by atoms with Crippen LogP contribution in [0.2, 0.25) is 0 Å². The van der Waals surface area contributed by atoms with Crippen LogP contribution < -0.4 is 10.5 Å². The summed E-state index contributed by atoms with van der Waals surface area (Å²) < 4.78 is 6.86. The number of hydrogen-bond donors (Lipinski definition) is 1. The van der Waals surface area contributed by atoms with Gasteiger partial charge in [0.2, 0.25) is 0 Å². The predicted octanol–water partition coefficient (Wildman–Crippen LogP) is 3.16. The lowest BCUT2D eigenvalue weighted by molar-refractivity contribution is 0.315. The Morgan fingerprint density at radius 3 is 3.00 bits per heavy atom. The maximum atomic E-state index is 5.74. The summed E-state index contributed by atoms with van der Waals surface area (Å²) in [4.78, 5) is 4.22. The maximum absolute atomic E-state index is 5.74. The van der Waals surface area contributed by atoms with E-state index in [1.54, 1.807) is 23.1 Å². The first kappa shape index (κ1) is 13.4. The third-order valence-corrected chi connectivity index (χ3v) is 4.43. The molecule has 1 aromatic carbocycles. The molecule has 5 heteroatoms. The van der Waals surface area contributed by atoms with Crippen LogP contribution in [0.1, 0.15) is 12.0 Å². The molecule has 96 valence electrons. The highest BCUT2D eigenvalue weighted by molar-refractivity contribution is 8.00. The van der Waals surface area contributed by atoms with Crippen molar-refractivity contribution >= 4 is 23.1 Å². The fraction of sp³-hybridized carbons (Fsp3) is 0.308. The minimum atomic E-state index is 0.518. The predicted molar refractivity (Wildman–Crippen MR) is 77.3 cm³/mol. The van der Waals surface area contributed by atoms with Crippen LogP contribution in [-0.2, 0) is 6.54 Å². The largest absolute Gasteiger partial charge is 0.493 e. The highest BCUT2D eigenvalue weighted by Gasteiger charge is 2.01. The Morgan fingerprint density at radius 1 is 1.33 bits per heavy atom. The first-order valence-corrected chi connectivity index (χ1v) is 7.69. The monoisotopic (exact) mass is 280 g/mol. The van der Waals surface area contributed by atoms with Gasteiger partial charge in [0, 0.05) is 29.4 Å². The van der Waals surface area contributed by atoms with Crippen LogP contribution in [0.15, 0.2) is 40.2 Å². The molecule has 0 bridgehead atoms. The minimum absolute atomic E-state index is 0.518. The SMILES string of the molecule is NCc1ccccc1OCCCSc1nccs1. The van der Waals surface area contributed by atoms with Gasteiger partial charge in [-0.1, -0.05) is 30.0 Å². The van der Waals surface area contributed by atoms with Crippen molar-refractivity contribution in [3.05, 3.63) is 41.4 Å². The fourth-order valence-electron chi connectivity index (χ4n) is 1.50. The summed E-state index contributed by atoms with van der Waals surface area (Å²) in [5.41, 5.74) is 6.71. The molecule has 0 aliphatic heterocycles. The molecule has 0 atom stereocenters. The first-order chi connectivity index (χ1) is 8.90. The van der Waals surface area contributed by atoms with Gasteiger partial charge >= 0.3 is 0 Å². The fourth-order valence-corrected chi connectivity index (χ4v) is 3.12. The van der Waals surface area contributed by atoms with E-state index in [9.17, 15) is 0 Å². The topological polar surface area (TPSA) is 48.1 Å². The van der Waals surface area contributed by atoms with Gasteiger partial charge in [0.25, 0.3) is 0 Å². The van der Waals surface area contributed by atoms with Crippen molar-refractivity contribution in [2.24, 2.45) is 5.73 Å². The standard InChI is InChI=1S/C13H16N2OS2/c14-10-11-4-1-2-5-12(11)16-7-3-8-17-13-15-6-9-18-13/h1-2,4-6,9H,3,7-8,10,14H2. The molecular weight excluding hydrogens is 264 g/mol. The zero-order valence-corrected chi connectivity index (χ0v) is 11.7. The number of hydrogen-bond acceptors (Lipinski definition) is 5. The molecule has 0 saturated carbocycles. The Hall–Kier alpha value is -1.04. The third kappa shape index (κ3) is 4.01. The molecule has 2 rings (SSSR count). The highest BCUT2D eigenvalue weighted by atomic mass is 32.2. The van der Waals surface area contributed by atoms with Crippen LogP contribution >= 0.6 is 23.1 Å². The molecule has 18 heavy (non-hydrogen) atoms. The van der Waals surface area contributed by atoms with Crippen molar-refractivity contribution in [1.29, 1.82) is 0 Å². The van der Waals surface area contributed by atoms with E-state index >= 15 is 0 Å². The second-order valence-electron chi connectivity index (χ2n) is 3.66. The number of aromatic nitrogens is 1. The number of thiazole rings is 1. The second-order valence-corrected chi connectivity index (χ2v) is 5.90. The summed E-state index contributed by atoms with van der Waals surface area (Å²) in [6.45, 7) is 1.24. The molecule has 0 amide bonds. The first-order valence-electron chi connectivity index (χ1n) is 5.83. The lowest BCUT2D eigenvalue weighted by atomic mass is 10.2.